The van der Waals surface area contributed by atoms with E-state index in [9.17, 15) is 0 Å². The van der Waals surface area contributed by atoms with E-state index in [4.69, 9.17) is 11.5 Å². The van der Waals surface area contributed by atoms with Crippen molar-refractivity contribution in [1.82, 2.24) is 0 Å². The van der Waals surface area contributed by atoms with E-state index in [0.29, 0.717) is 0 Å². The topological polar surface area (TPSA) is 52.0 Å². The highest BCUT2D eigenvalue weighted by molar-refractivity contribution is 5.15. The predicted octanol–water partition coefficient (Wildman–Crippen LogP) is 1.55. The summed E-state index contributed by atoms with van der Waals surface area (Å²) in [5.74, 6) is 0. The first-order chi connectivity index (χ1) is 5.54. The molecule has 4 N–H and O–H groups in total. The molecule has 0 aromatic carbocycles. The highest BCUT2D eigenvalue weighted by Crippen LogP contribution is 2.31. The van der Waals surface area contributed by atoms with Crippen molar-refractivity contribution in [2.75, 3.05) is 0 Å². The van der Waals surface area contributed by atoms with Gasteiger partial charge in [0.15, 0.2) is 0 Å². The second kappa shape index (κ2) is 3.19. The van der Waals surface area contributed by atoms with Gasteiger partial charge in [0.05, 0.1) is 0 Å². The van der Waals surface area contributed by atoms with Crippen molar-refractivity contribution in [3.05, 3.63) is 12.2 Å². The Bertz CT molecular complexity index is 188. The molecule has 0 aromatic rings. The summed E-state index contributed by atoms with van der Waals surface area (Å²) < 4.78 is 0. The molecule has 2 atom stereocenters. The minimum absolute atomic E-state index is 0.0560. The third-order valence-electron chi connectivity index (χ3n) is 3.02. The minimum Gasteiger partial charge on any atom is -0.325 e. The van der Waals surface area contributed by atoms with Gasteiger partial charge in [-0.3, -0.25) is 0 Å². The van der Waals surface area contributed by atoms with E-state index < -0.39 is 0 Å². The number of hydrogen-bond donors (Lipinski definition) is 2. The maximum atomic E-state index is 6.18. The van der Waals surface area contributed by atoms with Crippen molar-refractivity contribution in [2.24, 2.45) is 11.5 Å². The first-order valence-electron chi connectivity index (χ1n) is 4.79. The second-order valence-corrected chi connectivity index (χ2v) is 4.09. The largest absolute Gasteiger partial charge is 0.325 e. The minimum atomic E-state index is -0.150. The molecule has 0 radical (unpaired) electrons. The van der Waals surface area contributed by atoms with Crippen molar-refractivity contribution < 1.29 is 0 Å². The van der Waals surface area contributed by atoms with Gasteiger partial charge in [-0.1, -0.05) is 26.0 Å². The molecule has 0 aliphatic heterocycles. The highest BCUT2D eigenvalue weighted by Gasteiger charge is 2.34. The maximum Gasteiger partial charge on any atom is 0.0354 e. The molecule has 0 spiro atoms. The van der Waals surface area contributed by atoms with Gasteiger partial charge >= 0.3 is 0 Å². The Kier molecular flexibility index (Phi) is 2.59. The summed E-state index contributed by atoms with van der Waals surface area (Å²) in [5.41, 5.74) is 12.1. The van der Waals surface area contributed by atoms with Crippen LogP contribution in [0.1, 0.15) is 39.5 Å². The Morgan fingerprint density at radius 2 is 1.92 bits per heavy atom. The van der Waals surface area contributed by atoms with Crippen LogP contribution in [0.4, 0.5) is 0 Å². The van der Waals surface area contributed by atoms with Gasteiger partial charge in [0.1, 0.15) is 0 Å². The van der Waals surface area contributed by atoms with Crippen LogP contribution in [0.25, 0.3) is 0 Å². The molecule has 1 aliphatic rings. The molecule has 70 valence electrons. The van der Waals surface area contributed by atoms with Crippen LogP contribution in [0, 0.1) is 0 Å². The molecule has 2 nitrogen and oxygen atoms in total. The normalized spacial score (nSPS) is 41.7. The molecule has 0 aromatic heterocycles. The van der Waals surface area contributed by atoms with Gasteiger partial charge in [0.2, 0.25) is 0 Å². The lowest BCUT2D eigenvalue weighted by atomic mass is 9.74. The molecular weight excluding hydrogens is 148 g/mol. The van der Waals surface area contributed by atoms with E-state index in [-0.39, 0.29) is 11.1 Å². The van der Waals surface area contributed by atoms with Crippen LogP contribution in [0.3, 0.4) is 0 Å². The fourth-order valence-corrected chi connectivity index (χ4v) is 1.83. The van der Waals surface area contributed by atoms with Gasteiger partial charge in [-0.25, -0.2) is 0 Å². The van der Waals surface area contributed by atoms with Crippen LogP contribution in [0.15, 0.2) is 12.2 Å². The van der Waals surface area contributed by atoms with Crippen molar-refractivity contribution >= 4 is 0 Å². The summed E-state index contributed by atoms with van der Waals surface area (Å²) in [5, 5.41) is 0. The molecular formula is C10H20N2. The maximum absolute atomic E-state index is 6.18. The van der Waals surface area contributed by atoms with Gasteiger partial charge < -0.3 is 11.5 Å². The molecule has 12 heavy (non-hydrogen) atoms. The molecule has 2 heteroatoms. The van der Waals surface area contributed by atoms with E-state index in [1.807, 2.05) is 0 Å². The van der Waals surface area contributed by atoms with E-state index in [1.54, 1.807) is 0 Å². The molecule has 0 saturated heterocycles. The van der Waals surface area contributed by atoms with E-state index in [0.717, 1.165) is 25.7 Å². The Hall–Kier alpha value is -0.340. The Morgan fingerprint density at radius 3 is 2.42 bits per heavy atom. The molecule has 0 heterocycles. The Labute approximate surface area is 75.0 Å². The van der Waals surface area contributed by atoms with Crippen molar-refractivity contribution in [1.29, 1.82) is 0 Å². The van der Waals surface area contributed by atoms with Gasteiger partial charge in [0, 0.05) is 11.1 Å². The average molecular weight is 168 g/mol. The molecule has 1 rings (SSSR count). The summed E-state index contributed by atoms with van der Waals surface area (Å²) in [4.78, 5) is 0. The first kappa shape index (κ1) is 9.75. The van der Waals surface area contributed by atoms with Crippen LogP contribution in [-0.4, -0.2) is 11.1 Å². The Balaban J connectivity index is 2.75. The third-order valence-corrected chi connectivity index (χ3v) is 3.02. The van der Waals surface area contributed by atoms with Crippen LogP contribution in [0.2, 0.25) is 0 Å². The monoisotopic (exact) mass is 168 g/mol. The summed E-state index contributed by atoms with van der Waals surface area (Å²) in [7, 11) is 0. The van der Waals surface area contributed by atoms with Crippen LogP contribution >= 0.6 is 0 Å². The summed E-state index contributed by atoms with van der Waals surface area (Å²) in [6, 6.07) is 0. The lowest BCUT2D eigenvalue weighted by Gasteiger charge is -2.39. The van der Waals surface area contributed by atoms with Crippen LogP contribution in [0.5, 0.6) is 0 Å². The zero-order valence-corrected chi connectivity index (χ0v) is 8.14. The highest BCUT2D eigenvalue weighted by atomic mass is 14.8. The molecule has 0 saturated carbocycles. The van der Waals surface area contributed by atoms with Crippen LogP contribution < -0.4 is 11.5 Å². The zero-order valence-electron chi connectivity index (χ0n) is 8.14. The summed E-state index contributed by atoms with van der Waals surface area (Å²) in [6.45, 7) is 4.25. The summed E-state index contributed by atoms with van der Waals surface area (Å²) in [6.07, 6.45) is 8.13. The quantitative estimate of drug-likeness (QED) is 0.615. The van der Waals surface area contributed by atoms with E-state index in [2.05, 4.69) is 26.0 Å². The standard InChI is InChI=1S/C10H20N2/c1-3-9(11)6-5-7-10(12,4-2)8-9/h5-6H,3-4,7-8,11-12H2,1-2H3. The smallest absolute Gasteiger partial charge is 0.0354 e. The lowest BCUT2D eigenvalue weighted by Crippen LogP contribution is -2.52. The number of nitrogens with two attached hydrogens (primary N) is 2. The van der Waals surface area contributed by atoms with Gasteiger partial charge in [-0.15, -0.1) is 0 Å². The van der Waals surface area contributed by atoms with E-state index in [1.165, 1.54) is 0 Å². The lowest BCUT2D eigenvalue weighted by molar-refractivity contribution is 0.285. The first-order valence-corrected chi connectivity index (χ1v) is 4.79. The Morgan fingerprint density at radius 1 is 1.25 bits per heavy atom. The predicted molar refractivity (Wildman–Crippen MR) is 52.8 cm³/mol. The van der Waals surface area contributed by atoms with Crippen molar-refractivity contribution in [2.45, 2.75) is 50.6 Å². The molecule has 0 fully saturated rings. The third kappa shape index (κ3) is 1.87. The number of rotatable bonds is 2. The van der Waals surface area contributed by atoms with Crippen LogP contribution in [-0.2, 0) is 0 Å². The number of hydrogen-bond acceptors (Lipinski definition) is 2. The van der Waals surface area contributed by atoms with Gasteiger partial charge in [-0.05, 0) is 25.7 Å². The fourth-order valence-electron chi connectivity index (χ4n) is 1.83. The SMILES string of the molecule is CCC1(N)C=CCC(N)(CC)C1. The average Bonchev–Trinajstić information content (AvgIpc) is 2.05. The molecule has 0 bridgehead atoms. The van der Waals surface area contributed by atoms with E-state index >= 15 is 0 Å². The molecule has 1 aliphatic carbocycles. The molecule has 0 amide bonds. The zero-order chi connectivity index (χ0) is 9.24. The van der Waals surface area contributed by atoms with Crippen molar-refractivity contribution in [3.63, 3.8) is 0 Å². The van der Waals surface area contributed by atoms with Gasteiger partial charge in [0.25, 0.3) is 0 Å². The summed E-state index contributed by atoms with van der Waals surface area (Å²) >= 11 is 0. The molecule has 2 unspecified atom stereocenters. The fraction of sp³-hybridized carbons (Fsp3) is 0.800. The van der Waals surface area contributed by atoms with Gasteiger partial charge in [-0.2, -0.15) is 0 Å². The van der Waals surface area contributed by atoms with Crippen molar-refractivity contribution in [3.8, 4) is 0 Å². The second-order valence-electron chi connectivity index (χ2n) is 4.09.